The van der Waals surface area contributed by atoms with Crippen LogP contribution in [0.25, 0.3) is 0 Å². The van der Waals surface area contributed by atoms with E-state index in [1.165, 1.54) is 17.3 Å². The molecule has 6 heteroatoms. The summed E-state index contributed by atoms with van der Waals surface area (Å²) in [6.07, 6.45) is -3.58. The standard InChI is InChI=1S/C27H30O5S/c1-19-12-14-22(15-13-19)33-27-26(31-17-21-10-6-3-7-11-21)25(29)24(28)23(32-27)18-30-16-20-8-4-2-5-9-20/h2-15,23-29H,16-18H2,1H3/t23-,24+,25+,26-,27+/m1/s1. The molecular weight excluding hydrogens is 436 g/mol. The van der Waals surface area contributed by atoms with Crippen LogP contribution in [-0.4, -0.2) is 46.7 Å². The normalized spacial score (nSPS) is 25.1. The van der Waals surface area contributed by atoms with Gasteiger partial charge in [-0.3, -0.25) is 0 Å². The fraction of sp³-hybridized carbons (Fsp3) is 0.333. The number of rotatable bonds is 9. The van der Waals surface area contributed by atoms with Crippen molar-refractivity contribution in [3.63, 3.8) is 0 Å². The molecule has 3 aromatic carbocycles. The van der Waals surface area contributed by atoms with E-state index in [4.69, 9.17) is 14.2 Å². The van der Waals surface area contributed by atoms with Gasteiger partial charge >= 0.3 is 0 Å². The van der Waals surface area contributed by atoms with Crippen LogP contribution in [0.1, 0.15) is 16.7 Å². The molecule has 1 saturated heterocycles. The number of hydrogen-bond acceptors (Lipinski definition) is 6. The summed E-state index contributed by atoms with van der Waals surface area (Å²) in [5, 5.41) is 21.7. The van der Waals surface area contributed by atoms with Gasteiger partial charge in [-0.05, 0) is 30.2 Å². The highest BCUT2D eigenvalue weighted by Gasteiger charge is 2.45. The van der Waals surface area contributed by atoms with E-state index in [0.717, 1.165) is 16.0 Å². The second-order valence-corrected chi connectivity index (χ2v) is 9.39. The van der Waals surface area contributed by atoms with Crippen LogP contribution in [0.15, 0.2) is 89.8 Å². The number of aliphatic hydroxyl groups is 2. The Morgan fingerprint density at radius 1 is 0.788 bits per heavy atom. The zero-order valence-corrected chi connectivity index (χ0v) is 19.4. The van der Waals surface area contributed by atoms with Crippen molar-refractivity contribution in [2.24, 2.45) is 0 Å². The molecular formula is C27H30O5S. The van der Waals surface area contributed by atoms with Crippen LogP contribution in [0.3, 0.4) is 0 Å². The van der Waals surface area contributed by atoms with Gasteiger partial charge in [0.05, 0.1) is 19.8 Å². The van der Waals surface area contributed by atoms with Crippen LogP contribution >= 0.6 is 11.8 Å². The Balaban J connectivity index is 1.44. The quantitative estimate of drug-likeness (QED) is 0.489. The summed E-state index contributed by atoms with van der Waals surface area (Å²) >= 11 is 1.48. The third-order valence-electron chi connectivity index (χ3n) is 5.60. The maximum atomic E-state index is 11.0. The molecule has 1 aliphatic heterocycles. The molecule has 0 spiro atoms. The predicted octanol–water partition coefficient (Wildman–Crippen LogP) is 4.34. The van der Waals surface area contributed by atoms with E-state index in [0.29, 0.717) is 13.2 Å². The lowest BCUT2D eigenvalue weighted by Gasteiger charge is -2.42. The maximum absolute atomic E-state index is 11.0. The van der Waals surface area contributed by atoms with E-state index in [-0.39, 0.29) is 6.61 Å². The van der Waals surface area contributed by atoms with Gasteiger partial charge in [-0.1, -0.05) is 90.1 Å². The van der Waals surface area contributed by atoms with Crippen LogP contribution in [0.4, 0.5) is 0 Å². The maximum Gasteiger partial charge on any atom is 0.137 e. The molecule has 0 radical (unpaired) electrons. The van der Waals surface area contributed by atoms with Gasteiger partial charge in [0.25, 0.3) is 0 Å². The number of aryl methyl sites for hydroxylation is 1. The molecule has 174 valence electrons. The Labute approximate surface area is 199 Å². The SMILES string of the molecule is Cc1ccc(S[C@@H]2O[C@H](COCc3ccccc3)[C@H](O)[C@H](O)[C@H]2OCc2ccccc2)cc1. The minimum Gasteiger partial charge on any atom is -0.387 e. The molecule has 0 unspecified atom stereocenters. The van der Waals surface area contributed by atoms with Crippen molar-refractivity contribution in [1.82, 2.24) is 0 Å². The molecule has 0 amide bonds. The molecule has 3 aromatic rings. The van der Waals surface area contributed by atoms with Crippen molar-refractivity contribution in [2.45, 2.75) is 54.9 Å². The average molecular weight is 467 g/mol. The van der Waals surface area contributed by atoms with Crippen molar-refractivity contribution >= 4 is 11.8 Å². The highest BCUT2D eigenvalue weighted by molar-refractivity contribution is 7.99. The van der Waals surface area contributed by atoms with Crippen molar-refractivity contribution in [2.75, 3.05) is 6.61 Å². The molecule has 0 bridgehead atoms. The Hall–Kier alpha value is -2.19. The fourth-order valence-corrected chi connectivity index (χ4v) is 4.83. The molecule has 5 atom stereocenters. The van der Waals surface area contributed by atoms with Crippen molar-refractivity contribution < 1.29 is 24.4 Å². The molecule has 1 heterocycles. The van der Waals surface area contributed by atoms with Crippen LogP contribution in [0.2, 0.25) is 0 Å². The van der Waals surface area contributed by atoms with E-state index >= 15 is 0 Å². The minimum atomic E-state index is -1.11. The summed E-state index contributed by atoms with van der Waals surface area (Å²) in [7, 11) is 0. The zero-order valence-electron chi connectivity index (χ0n) is 18.6. The van der Waals surface area contributed by atoms with Crippen molar-refractivity contribution in [3.8, 4) is 0 Å². The molecule has 33 heavy (non-hydrogen) atoms. The first-order valence-electron chi connectivity index (χ1n) is 11.1. The highest BCUT2D eigenvalue weighted by atomic mass is 32.2. The van der Waals surface area contributed by atoms with Gasteiger partial charge in [-0.25, -0.2) is 0 Å². The Morgan fingerprint density at radius 3 is 2.03 bits per heavy atom. The van der Waals surface area contributed by atoms with Gasteiger partial charge in [-0.15, -0.1) is 0 Å². The van der Waals surface area contributed by atoms with Crippen LogP contribution in [0, 0.1) is 6.92 Å². The molecule has 2 N–H and O–H groups in total. The Morgan fingerprint density at radius 2 is 1.39 bits per heavy atom. The lowest BCUT2D eigenvalue weighted by molar-refractivity contribution is -0.225. The average Bonchev–Trinajstić information content (AvgIpc) is 2.84. The van der Waals surface area contributed by atoms with Crippen LogP contribution in [0.5, 0.6) is 0 Å². The number of hydrogen-bond donors (Lipinski definition) is 2. The summed E-state index contributed by atoms with van der Waals surface area (Å²) in [5.41, 5.74) is 2.70. The Kier molecular flexibility index (Phi) is 8.56. The topological polar surface area (TPSA) is 68.2 Å². The zero-order chi connectivity index (χ0) is 23.0. The summed E-state index contributed by atoms with van der Waals surface area (Å²) in [4.78, 5) is 1.01. The number of ether oxygens (including phenoxy) is 3. The van der Waals surface area contributed by atoms with Gasteiger partial charge in [-0.2, -0.15) is 0 Å². The van der Waals surface area contributed by atoms with E-state index < -0.39 is 29.9 Å². The largest absolute Gasteiger partial charge is 0.387 e. The van der Waals surface area contributed by atoms with E-state index in [9.17, 15) is 10.2 Å². The number of thioether (sulfide) groups is 1. The van der Waals surface area contributed by atoms with Gasteiger partial charge in [0.2, 0.25) is 0 Å². The van der Waals surface area contributed by atoms with Gasteiger partial charge in [0.1, 0.15) is 29.9 Å². The van der Waals surface area contributed by atoms with Crippen LogP contribution in [-0.2, 0) is 27.4 Å². The number of aliphatic hydroxyl groups excluding tert-OH is 2. The summed E-state index contributed by atoms with van der Waals surface area (Å²) in [6, 6.07) is 27.7. The monoisotopic (exact) mass is 466 g/mol. The van der Waals surface area contributed by atoms with Crippen LogP contribution < -0.4 is 0 Å². The van der Waals surface area contributed by atoms with Gasteiger partial charge in [0.15, 0.2) is 0 Å². The van der Waals surface area contributed by atoms with E-state index in [1.54, 1.807) is 0 Å². The second kappa shape index (κ2) is 11.8. The second-order valence-electron chi connectivity index (χ2n) is 8.22. The fourth-order valence-electron chi connectivity index (χ4n) is 3.70. The lowest BCUT2D eigenvalue weighted by Crippen LogP contribution is -2.58. The summed E-state index contributed by atoms with van der Waals surface area (Å²) in [6.45, 7) is 2.94. The van der Waals surface area contributed by atoms with Crippen molar-refractivity contribution in [1.29, 1.82) is 0 Å². The molecule has 1 aliphatic rings. The molecule has 4 rings (SSSR count). The third-order valence-corrected chi connectivity index (χ3v) is 6.75. The molecule has 0 saturated carbocycles. The molecule has 0 aromatic heterocycles. The molecule has 1 fully saturated rings. The van der Waals surface area contributed by atoms with Gasteiger partial charge < -0.3 is 24.4 Å². The summed E-state index contributed by atoms with van der Waals surface area (Å²) in [5.74, 6) is 0. The van der Waals surface area contributed by atoms with E-state index in [2.05, 4.69) is 0 Å². The molecule has 0 aliphatic carbocycles. The number of benzene rings is 3. The third kappa shape index (κ3) is 6.67. The molecule has 5 nitrogen and oxygen atoms in total. The first-order valence-corrected chi connectivity index (χ1v) is 12.0. The Bertz CT molecular complexity index is 965. The highest BCUT2D eigenvalue weighted by Crippen LogP contribution is 2.35. The first kappa shape index (κ1) is 24.0. The first-order chi connectivity index (χ1) is 16.1. The summed E-state index contributed by atoms with van der Waals surface area (Å²) < 4.78 is 18.1. The predicted molar refractivity (Wildman–Crippen MR) is 129 cm³/mol. The lowest BCUT2D eigenvalue weighted by atomic mass is 10.00. The van der Waals surface area contributed by atoms with Gasteiger partial charge in [0, 0.05) is 4.90 Å². The minimum absolute atomic E-state index is 0.170. The van der Waals surface area contributed by atoms with Crippen molar-refractivity contribution in [3.05, 3.63) is 102 Å². The smallest absolute Gasteiger partial charge is 0.137 e. The van der Waals surface area contributed by atoms with E-state index in [1.807, 2.05) is 91.9 Å².